The van der Waals surface area contributed by atoms with Crippen LogP contribution in [-0.4, -0.2) is 9.38 Å². The van der Waals surface area contributed by atoms with Crippen molar-refractivity contribution in [3.8, 4) is 0 Å². The second-order valence-electron chi connectivity index (χ2n) is 3.42. The summed E-state index contributed by atoms with van der Waals surface area (Å²) in [6.45, 7) is 4.71. The summed E-state index contributed by atoms with van der Waals surface area (Å²) in [6.07, 6.45) is 0.937. The van der Waals surface area contributed by atoms with E-state index in [0.717, 1.165) is 23.5 Å². The molecule has 0 aliphatic rings. The summed E-state index contributed by atoms with van der Waals surface area (Å²) in [5.74, 6) is 1.10. The number of hydrogen-bond donors (Lipinski definition) is 1. The Bertz CT molecular complexity index is 457. The maximum absolute atomic E-state index is 5.66. The van der Waals surface area contributed by atoms with Crippen molar-refractivity contribution in [1.82, 2.24) is 9.38 Å². The first-order valence-corrected chi connectivity index (χ1v) is 4.93. The number of imidazole rings is 1. The van der Waals surface area contributed by atoms with Crippen LogP contribution in [0.3, 0.4) is 0 Å². The number of rotatable bonds is 2. The molecule has 0 unspecified atom stereocenters. The predicted molar refractivity (Wildman–Crippen MR) is 57.2 cm³/mol. The lowest BCUT2D eigenvalue weighted by atomic mass is 10.3. The third kappa shape index (κ3) is 1.21. The molecule has 0 atom stereocenters. The van der Waals surface area contributed by atoms with Gasteiger partial charge in [0.2, 0.25) is 0 Å². The van der Waals surface area contributed by atoms with Crippen LogP contribution < -0.4 is 5.73 Å². The van der Waals surface area contributed by atoms with Gasteiger partial charge in [0.15, 0.2) is 0 Å². The first-order chi connectivity index (χ1) is 6.77. The molecule has 2 aromatic rings. The molecule has 0 aliphatic heterocycles. The predicted octanol–water partition coefficient (Wildman–Crippen LogP) is 1.66. The largest absolute Gasteiger partial charge is 0.325 e. The number of nitrogens with two attached hydrogens (primary N) is 1. The molecule has 2 aromatic heterocycles. The highest BCUT2D eigenvalue weighted by molar-refractivity contribution is 5.54. The summed E-state index contributed by atoms with van der Waals surface area (Å²) in [5, 5.41) is 0. The Morgan fingerprint density at radius 2 is 2.21 bits per heavy atom. The lowest BCUT2D eigenvalue weighted by molar-refractivity contribution is 0.897. The maximum Gasteiger partial charge on any atom is 0.113 e. The molecule has 0 spiro atoms. The average Bonchev–Trinajstić information content (AvgIpc) is 2.57. The normalized spacial score (nSPS) is 11.1. The molecule has 0 fully saturated rings. The number of hydrogen-bond acceptors (Lipinski definition) is 2. The van der Waals surface area contributed by atoms with E-state index < -0.39 is 0 Å². The van der Waals surface area contributed by atoms with Crippen LogP contribution in [0.15, 0.2) is 18.2 Å². The van der Waals surface area contributed by atoms with Crippen LogP contribution in [0.4, 0.5) is 0 Å². The molecule has 0 saturated carbocycles. The Labute approximate surface area is 83.6 Å². The summed E-state index contributed by atoms with van der Waals surface area (Å²) in [7, 11) is 0. The van der Waals surface area contributed by atoms with Gasteiger partial charge in [-0.2, -0.15) is 0 Å². The minimum atomic E-state index is 0.507. The van der Waals surface area contributed by atoms with E-state index in [0.29, 0.717) is 6.54 Å². The van der Waals surface area contributed by atoms with E-state index in [1.807, 2.05) is 6.07 Å². The van der Waals surface area contributed by atoms with Crippen LogP contribution in [0.1, 0.15) is 24.1 Å². The Balaban J connectivity index is 2.82. The molecule has 2 heterocycles. The molecule has 0 bridgehead atoms. The van der Waals surface area contributed by atoms with E-state index >= 15 is 0 Å². The van der Waals surface area contributed by atoms with Crippen LogP contribution in [0.5, 0.6) is 0 Å². The van der Waals surface area contributed by atoms with Gasteiger partial charge in [0.1, 0.15) is 5.82 Å². The number of fused-ring (bicyclic) bond motifs is 1. The van der Waals surface area contributed by atoms with Crippen molar-refractivity contribution in [2.24, 2.45) is 5.73 Å². The summed E-state index contributed by atoms with van der Waals surface area (Å²) in [5.41, 5.74) is 9.01. The van der Waals surface area contributed by atoms with Crippen molar-refractivity contribution in [1.29, 1.82) is 0 Å². The first-order valence-electron chi connectivity index (χ1n) is 4.93. The van der Waals surface area contributed by atoms with Crippen molar-refractivity contribution < 1.29 is 0 Å². The van der Waals surface area contributed by atoms with Crippen molar-refractivity contribution >= 4 is 5.52 Å². The lowest BCUT2D eigenvalue weighted by Gasteiger charge is -2.02. The molecule has 0 radical (unpaired) electrons. The minimum absolute atomic E-state index is 0.507. The molecule has 0 amide bonds. The standard InChI is InChI=1S/C11H15N3/c1-3-11-13-9(7-12)10-6-4-5-8(2)14(10)11/h4-6H,3,7,12H2,1-2H3. The Kier molecular flexibility index (Phi) is 2.25. The Hall–Kier alpha value is -1.35. The third-order valence-corrected chi connectivity index (χ3v) is 2.51. The van der Waals surface area contributed by atoms with E-state index in [4.69, 9.17) is 5.73 Å². The van der Waals surface area contributed by atoms with Crippen LogP contribution >= 0.6 is 0 Å². The van der Waals surface area contributed by atoms with Crippen molar-refractivity contribution in [2.75, 3.05) is 0 Å². The number of nitrogens with zero attached hydrogens (tertiary/aromatic N) is 2. The quantitative estimate of drug-likeness (QED) is 0.780. The molecular weight excluding hydrogens is 174 g/mol. The van der Waals surface area contributed by atoms with Gasteiger partial charge < -0.3 is 10.1 Å². The number of aryl methyl sites for hydroxylation is 2. The molecular formula is C11H15N3. The monoisotopic (exact) mass is 189 g/mol. The van der Waals surface area contributed by atoms with Crippen molar-refractivity contribution in [3.05, 3.63) is 35.4 Å². The van der Waals surface area contributed by atoms with Crippen LogP contribution in [0.2, 0.25) is 0 Å². The highest BCUT2D eigenvalue weighted by atomic mass is 15.0. The van der Waals surface area contributed by atoms with Gasteiger partial charge in [-0.25, -0.2) is 4.98 Å². The SMILES string of the molecule is CCc1nc(CN)c2cccc(C)n12. The molecule has 74 valence electrons. The summed E-state index contributed by atoms with van der Waals surface area (Å²) < 4.78 is 2.18. The van der Waals surface area contributed by atoms with E-state index in [2.05, 4.69) is 35.4 Å². The number of aromatic nitrogens is 2. The zero-order chi connectivity index (χ0) is 10.1. The summed E-state index contributed by atoms with van der Waals surface area (Å²) in [6, 6.07) is 6.21. The molecule has 2 N–H and O–H groups in total. The zero-order valence-electron chi connectivity index (χ0n) is 8.62. The van der Waals surface area contributed by atoms with Crippen molar-refractivity contribution in [3.63, 3.8) is 0 Å². The van der Waals surface area contributed by atoms with Gasteiger partial charge in [-0.15, -0.1) is 0 Å². The van der Waals surface area contributed by atoms with Gasteiger partial charge in [-0.1, -0.05) is 13.0 Å². The zero-order valence-corrected chi connectivity index (χ0v) is 8.62. The second-order valence-corrected chi connectivity index (χ2v) is 3.42. The molecule has 2 rings (SSSR count). The summed E-state index contributed by atoms with van der Waals surface area (Å²) >= 11 is 0. The fourth-order valence-corrected chi connectivity index (χ4v) is 1.84. The fraction of sp³-hybridized carbons (Fsp3) is 0.364. The van der Waals surface area contributed by atoms with Crippen LogP contribution in [0, 0.1) is 6.92 Å². The van der Waals surface area contributed by atoms with Crippen LogP contribution in [-0.2, 0) is 13.0 Å². The van der Waals surface area contributed by atoms with Crippen molar-refractivity contribution in [2.45, 2.75) is 26.8 Å². The Morgan fingerprint density at radius 3 is 2.86 bits per heavy atom. The van der Waals surface area contributed by atoms with Gasteiger partial charge in [-0.05, 0) is 19.1 Å². The van der Waals surface area contributed by atoms with E-state index in [-0.39, 0.29) is 0 Å². The lowest BCUT2D eigenvalue weighted by Crippen LogP contribution is -1.97. The molecule has 0 saturated heterocycles. The van der Waals surface area contributed by atoms with Gasteiger partial charge in [-0.3, -0.25) is 0 Å². The molecule has 0 aromatic carbocycles. The van der Waals surface area contributed by atoms with Crippen LogP contribution in [0.25, 0.3) is 5.52 Å². The highest BCUT2D eigenvalue weighted by Crippen LogP contribution is 2.15. The highest BCUT2D eigenvalue weighted by Gasteiger charge is 2.08. The maximum atomic E-state index is 5.66. The first kappa shape index (κ1) is 9.21. The molecule has 14 heavy (non-hydrogen) atoms. The van der Waals surface area contributed by atoms with Gasteiger partial charge in [0, 0.05) is 18.7 Å². The number of pyridine rings is 1. The van der Waals surface area contributed by atoms with Gasteiger partial charge in [0.05, 0.1) is 11.2 Å². The molecule has 3 nitrogen and oxygen atoms in total. The van der Waals surface area contributed by atoms with E-state index in [1.165, 1.54) is 5.69 Å². The molecule has 3 heteroatoms. The smallest absolute Gasteiger partial charge is 0.113 e. The topological polar surface area (TPSA) is 43.3 Å². The third-order valence-electron chi connectivity index (χ3n) is 2.51. The van der Waals surface area contributed by atoms with E-state index in [9.17, 15) is 0 Å². The van der Waals surface area contributed by atoms with Gasteiger partial charge >= 0.3 is 0 Å². The van der Waals surface area contributed by atoms with Gasteiger partial charge in [0.25, 0.3) is 0 Å². The fourth-order valence-electron chi connectivity index (χ4n) is 1.84. The average molecular weight is 189 g/mol. The van der Waals surface area contributed by atoms with E-state index in [1.54, 1.807) is 0 Å². The minimum Gasteiger partial charge on any atom is -0.325 e. The molecule has 0 aliphatic carbocycles. The second kappa shape index (κ2) is 3.42. The summed E-state index contributed by atoms with van der Waals surface area (Å²) in [4.78, 5) is 4.53. The Morgan fingerprint density at radius 1 is 1.43 bits per heavy atom.